The highest BCUT2D eigenvalue weighted by Crippen LogP contribution is 2.40. The van der Waals surface area contributed by atoms with E-state index in [1.165, 1.54) is 155 Å². The van der Waals surface area contributed by atoms with Crippen molar-refractivity contribution in [3.05, 3.63) is 11.6 Å². The maximum atomic E-state index is 12.1. The molecule has 13 rings (SSSR count). The summed E-state index contributed by atoms with van der Waals surface area (Å²) < 4.78 is 140. The Bertz CT molecular complexity index is 3260. The van der Waals surface area contributed by atoms with Gasteiger partial charge in [0.05, 0.1) is 79.8 Å². The number of hydrogen-bond acceptors (Lipinski definition) is 18. The lowest BCUT2D eigenvalue weighted by Crippen LogP contribution is -2.53. The third kappa shape index (κ3) is 52.7. The number of allylic oxidation sites excluding steroid dienone is 2. The SMILES string of the molecule is C.C.C.CC(C)C(O)C1CC1.CC(C)C1(O)CCC1.CC(C)C1(O)CCCC1.CC(C)C1(O)CCCCC1.CC(C)C1(O)COC1.CC(C)C1=CCCC1.CC(C)C1CCC1.CC(C)N1CCCCC1.CC(C)OC1CCC1.CC(C)S(=O)(=O)C(C)F.CC(C)S(=O)(=O)C1CC1.CC(C)S(=O)(=O)N1CCCC1.CC(C)S(=O)(=O)N1CCCC1.CC(C)S(=O)(=O)NC1CC1. The molecule has 2 unspecified atom stereocenters. The zero-order valence-corrected chi connectivity index (χ0v) is 89.4. The van der Waals surface area contributed by atoms with Gasteiger partial charge in [0.1, 0.15) is 5.60 Å². The van der Waals surface area contributed by atoms with Crippen molar-refractivity contribution in [1.29, 1.82) is 0 Å². The summed E-state index contributed by atoms with van der Waals surface area (Å²) in [6, 6.07) is 1.01. The number of alkyl halides is 1. The highest BCUT2D eigenvalue weighted by molar-refractivity contribution is 7.93. The number of hydrogen-bond donors (Lipinski definition) is 6. The Labute approximate surface area is 792 Å². The van der Waals surface area contributed by atoms with Gasteiger partial charge in [-0.25, -0.2) is 59.8 Å². The van der Waals surface area contributed by atoms with Crippen molar-refractivity contribution in [2.75, 3.05) is 52.5 Å². The topological polar surface area (TPSA) is 312 Å². The van der Waals surface area contributed by atoms with Crippen LogP contribution in [0.15, 0.2) is 11.6 Å². The second-order valence-electron chi connectivity index (χ2n) is 42.3. The standard InChI is InChI=1S/C9H18O.C8H17N.C8H16O.C8H14.2C7H15NO2S.3C7H14O.C7H14.C6H13NO2S.C6H12O2S.C6H12O2.C5H11FO2S.3CH4/c1-8(2)9(10)6-4-3-5-7-9;1-8(2)9-6-4-3-5-7-9;1-7(2)8(9)5-3-4-6-8;1-7(2)8-5-3-4-6-8;2*1-7(2)11(9,10)8-5-3-4-6-8;1-6(2)8-7-4-3-5-7;1-6(2)7(8)4-3-5-7;1-5(2)7(8)6-3-4-6;1-6(2)7-4-3-5-7;1-5(2)10(8,9)7-6-3-4-6;1-5(2)9(7,8)6-3-4-6;1-5(2)6(7)3-8-4-6;1-4(2)9(7,8)5(3)6;;;/h8,10H,3-7H2,1-2H3;8H,3-7H2,1-2H3;7,9H,3-6H2,1-2H3;5,7H,3-4,6H2,1-2H3;2*7H,3-6H2,1-2H3;6-7H,3-5H2,1-2H3;6,8H,3-5H2,1-2H3;5-8H,3-4H2,1-2H3;6-7H,3-5H2,1-2H3;5-7H,3-4H2,1-2H3;5-6H,3-4H2,1-2H3;5,7H,3-4H2,1-2H3;4-5H,1-3H3;3*1H4. The largest absolute Gasteiger partial charge is 0.393 e. The summed E-state index contributed by atoms with van der Waals surface area (Å²) in [5.41, 5.74) is -1.47. The molecule has 8 saturated carbocycles. The first kappa shape index (κ1) is 133. The van der Waals surface area contributed by atoms with Gasteiger partial charge < -0.3 is 39.9 Å². The lowest BCUT2D eigenvalue weighted by atomic mass is 9.73. The summed E-state index contributed by atoms with van der Waals surface area (Å²) in [5, 5.41) is 46.2. The molecule has 0 bridgehead atoms. The molecule has 12 fully saturated rings. The molecular weight excluding hydrogens is 1720 g/mol. The van der Waals surface area contributed by atoms with Gasteiger partial charge in [-0.15, -0.1) is 0 Å². The molecule has 13 aliphatic rings. The van der Waals surface area contributed by atoms with E-state index in [1.807, 2.05) is 13.8 Å². The van der Waals surface area contributed by atoms with E-state index in [0.29, 0.717) is 60.9 Å². The Morgan fingerprint density at radius 1 is 0.414 bits per heavy atom. The number of ether oxygens (including phenoxy) is 2. The maximum absolute atomic E-state index is 12.1. The molecule has 21 nitrogen and oxygen atoms in total. The molecule has 0 spiro atoms. The van der Waals surface area contributed by atoms with Crippen LogP contribution >= 0.6 is 0 Å². The third-order valence-electron chi connectivity index (χ3n) is 27.1. The van der Waals surface area contributed by atoms with E-state index in [2.05, 4.69) is 126 Å². The van der Waals surface area contributed by atoms with Gasteiger partial charge in [-0.2, -0.15) is 0 Å². The maximum Gasteiger partial charge on any atom is 0.216 e. The first-order valence-electron chi connectivity index (χ1n) is 49.9. The molecule has 2 atom stereocenters. The number of sulfonamides is 3. The zero-order valence-electron chi connectivity index (χ0n) is 85.3. The number of likely N-dealkylation sites (tertiary alicyclic amines) is 1. The van der Waals surface area contributed by atoms with Crippen LogP contribution in [0.3, 0.4) is 0 Å². The number of piperidine rings is 1. The van der Waals surface area contributed by atoms with E-state index in [-0.39, 0.29) is 77.5 Å². The van der Waals surface area contributed by atoms with Crippen molar-refractivity contribution >= 4 is 49.7 Å². The highest BCUT2D eigenvalue weighted by Gasteiger charge is 2.41. The van der Waals surface area contributed by atoms with Gasteiger partial charge in [-0.3, -0.25) is 0 Å². The van der Waals surface area contributed by atoms with Crippen molar-refractivity contribution in [2.45, 2.75) is 531 Å². The van der Waals surface area contributed by atoms with E-state index in [4.69, 9.17) is 9.47 Å². The first-order chi connectivity index (χ1) is 57.6. The summed E-state index contributed by atoms with van der Waals surface area (Å²) in [6.07, 6.45) is 44.1. The third-order valence-corrected chi connectivity index (χ3v) is 38.5. The molecule has 4 aliphatic heterocycles. The lowest BCUT2D eigenvalue weighted by Gasteiger charge is -2.40. The number of nitrogens with zero attached hydrogens (tertiary/aromatic N) is 3. The number of nitrogens with one attached hydrogen (secondary N) is 1. The van der Waals surface area contributed by atoms with Crippen LogP contribution in [0.1, 0.15) is 441 Å². The summed E-state index contributed by atoms with van der Waals surface area (Å²) in [5.74, 6) is 5.61. The van der Waals surface area contributed by atoms with Crippen LogP contribution < -0.4 is 4.72 Å². The second kappa shape index (κ2) is 65.0. The normalized spacial score (nSPS) is 21.7. The Hall–Kier alpha value is -1.02. The predicted octanol–water partition coefficient (Wildman–Crippen LogP) is 22.8. The monoisotopic (exact) mass is 1930 g/mol. The lowest BCUT2D eigenvalue weighted by molar-refractivity contribution is -0.200. The van der Waals surface area contributed by atoms with Crippen molar-refractivity contribution < 1.29 is 81.5 Å². The van der Waals surface area contributed by atoms with Crippen molar-refractivity contribution in [2.24, 2.45) is 53.3 Å². The van der Waals surface area contributed by atoms with E-state index in [1.54, 1.807) is 69.6 Å². The molecular formula is C101H211FN4O17S5. The van der Waals surface area contributed by atoms with Crippen LogP contribution in [0.4, 0.5) is 4.39 Å². The Kier molecular flexibility index (Phi) is 67.7. The van der Waals surface area contributed by atoms with Gasteiger partial charge in [0, 0.05) is 38.3 Å². The van der Waals surface area contributed by atoms with Crippen LogP contribution in [-0.2, 0) is 59.2 Å². The number of aliphatic hydroxyl groups excluding tert-OH is 1. The average Bonchev–Trinajstić information content (AvgIpc) is 1.47. The van der Waals surface area contributed by atoms with E-state index in [0.717, 1.165) is 147 Å². The highest BCUT2D eigenvalue weighted by atomic mass is 32.2. The van der Waals surface area contributed by atoms with E-state index < -0.39 is 66.1 Å². The van der Waals surface area contributed by atoms with Gasteiger partial charge >= 0.3 is 0 Å². The summed E-state index contributed by atoms with van der Waals surface area (Å²) in [4.78, 5) is 2.56. The minimum absolute atomic E-state index is 0. The fourth-order valence-electron chi connectivity index (χ4n) is 14.9. The molecule has 0 aromatic carbocycles. The predicted molar refractivity (Wildman–Crippen MR) is 544 cm³/mol. The van der Waals surface area contributed by atoms with E-state index >= 15 is 0 Å². The van der Waals surface area contributed by atoms with Crippen LogP contribution in [0.5, 0.6) is 0 Å². The molecule has 27 heteroatoms. The van der Waals surface area contributed by atoms with Gasteiger partial charge in [-0.05, 0) is 331 Å². The molecule has 6 N–H and O–H groups in total. The Morgan fingerprint density at radius 2 is 0.781 bits per heavy atom. The molecule has 9 aliphatic carbocycles. The smallest absolute Gasteiger partial charge is 0.216 e. The molecule has 0 radical (unpaired) electrons. The number of sulfone groups is 2. The van der Waals surface area contributed by atoms with Crippen molar-refractivity contribution in [3.63, 3.8) is 0 Å². The molecule has 128 heavy (non-hydrogen) atoms. The van der Waals surface area contributed by atoms with Crippen molar-refractivity contribution in [1.82, 2.24) is 18.2 Å². The van der Waals surface area contributed by atoms with Gasteiger partial charge in [0.15, 0.2) is 25.2 Å². The summed E-state index contributed by atoms with van der Waals surface area (Å²) in [6.45, 7) is 63.0. The minimum atomic E-state index is -3.48. The zero-order chi connectivity index (χ0) is 96.5. The van der Waals surface area contributed by atoms with Gasteiger partial charge in [-0.1, -0.05) is 189 Å². The second-order valence-corrected chi connectivity index (χ2v) is 55.1. The van der Waals surface area contributed by atoms with Crippen LogP contribution in [0.25, 0.3) is 0 Å². The summed E-state index contributed by atoms with van der Waals surface area (Å²) >= 11 is 0. The first-order valence-corrected chi connectivity index (χ1v) is 57.7. The van der Waals surface area contributed by atoms with Gasteiger partial charge in [0.25, 0.3) is 0 Å². The quantitative estimate of drug-likeness (QED) is 0.0549. The number of halogens is 1. The van der Waals surface area contributed by atoms with Crippen LogP contribution in [0, 0.1) is 53.3 Å². The Balaban J connectivity index is -0.000000647. The van der Waals surface area contributed by atoms with Gasteiger partial charge in [0.2, 0.25) is 30.1 Å². The Morgan fingerprint density at radius 3 is 0.930 bits per heavy atom. The van der Waals surface area contributed by atoms with Crippen molar-refractivity contribution in [3.8, 4) is 0 Å². The number of rotatable bonds is 22. The fraction of sp³-hybridized carbons (Fsp3) is 0.980. The minimum Gasteiger partial charge on any atom is -0.393 e. The summed E-state index contributed by atoms with van der Waals surface area (Å²) in [7, 11) is -15.1. The average molecular weight is 1930 g/mol. The van der Waals surface area contributed by atoms with Crippen LogP contribution in [-0.4, -0.2) is 223 Å². The molecule has 0 amide bonds. The molecule has 0 aromatic heterocycles. The molecule has 4 saturated heterocycles. The number of aliphatic hydroxyl groups is 5. The molecule has 774 valence electrons. The van der Waals surface area contributed by atoms with E-state index in [9.17, 15) is 72.0 Å². The molecule has 0 aromatic rings. The molecule has 4 heterocycles. The fourth-order valence-corrected chi connectivity index (χ4v) is 20.9. The van der Waals surface area contributed by atoms with Crippen LogP contribution in [0.2, 0.25) is 0 Å².